The van der Waals surface area contributed by atoms with E-state index in [1.807, 2.05) is 49.5 Å². The van der Waals surface area contributed by atoms with Gasteiger partial charge in [0.05, 0.1) is 12.2 Å². The molecule has 2 aliphatic heterocycles. The minimum Gasteiger partial charge on any atom is -0.370 e. The summed E-state index contributed by atoms with van der Waals surface area (Å²) in [6, 6.07) is 3.80. The number of carbonyl (C=O) groups excluding carboxylic acids is 2. The molecule has 160 valence electrons. The van der Waals surface area contributed by atoms with Crippen LogP contribution in [0, 0.1) is 6.92 Å². The van der Waals surface area contributed by atoms with Crippen molar-refractivity contribution in [2.24, 2.45) is 7.05 Å². The van der Waals surface area contributed by atoms with E-state index in [2.05, 4.69) is 15.4 Å². The molecule has 2 aromatic heterocycles. The van der Waals surface area contributed by atoms with Crippen molar-refractivity contribution in [3.63, 3.8) is 0 Å². The fraction of sp³-hybridized carbons (Fsp3) is 0.545. The molecule has 8 heteroatoms. The molecular weight excluding hydrogens is 382 g/mol. The van der Waals surface area contributed by atoms with E-state index < -0.39 is 0 Å². The van der Waals surface area contributed by atoms with Crippen molar-refractivity contribution in [3.05, 3.63) is 46.5 Å². The van der Waals surface area contributed by atoms with Crippen molar-refractivity contribution < 1.29 is 14.3 Å². The second-order valence-corrected chi connectivity index (χ2v) is 8.64. The van der Waals surface area contributed by atoms with Gasteiger partial charge < -0.3 is 15.0 Å². The Bertz CT molecular complexity index is 973. The summed E-state index contributed by atoms with van der Waals surface area (Å²) < 4.78 is 8.12. The number of hydrogen-bond donors (Lipinski definition) is 1. The third-order valence-corrected chi connectivity index (χ3v) is 6.10. The Morgan fingerprint density at radius 2 is 1.97 bits per heavy atom. The molecule has 0 bridgehead atoms. The van der Waals surface area contributed by atoms with E-state index in [0.717, 1.165) is 29.7 Å². The number of nitrogens with zero attached hydrogens (tertiary/aromatic N) is 4. The molecule has 1 spiro atoms. The number of amides is 2. The quantitative estimate of drug-likeness (QED) is 0.835. The molecule has 30 heavy (non-hydrogen) atoms. The highest BCUT2D eigenvalue weighted by molar-refractivity contribution is 5.94. The summed E-state index contributed by atoms with van der Waals surface area (Å²) in [7, 11) is 1.88. The Labute approximate surface area is 176 Å². The summed E-state index contributed by atoms with van der Waals surface area (Å²) in [5.41, 5.74) is 3.48. The predicted molar refractivity (Wildman–Crippen MR) is 111 cm³/mol. The van der Waals surface area contributed by atoms with Gasteiger partial charge in [-0.2, -0.15) is 5.10 Å². The topological polar surface area (TPSA) is 89.4 Å². The van der Waals surface area contributed by atoms with Crippen LogP contribution in [0.25, 0.3) is 0 Å². The Morgan fingerprint density at radius 3 is 2.63 bits per heavy atom. The van der Waals surface area contributed by atoms with E-state index in [9.17, 15) is 9.59 Å². The molecule has 2 aliphatic rings. The number of fused-ring (bicyclic) bond motifs is 1. The van der Waals surface area contributed by atoms with Crippen LogP contribution < -0.4 is 5.32 Å². The van der Waals surface area contributed by atoms with Gasteiger partial charge in [-0.25, -0.2) is 0 Å². The highest BCUT2D eigenvalue weighted by Gasteiger charge is 2.42. The summed E-state index contributed by atoms with van der Waals surface area (Å²) >= 11 is 0. The van der Waals surface area contributed by atoms with E-state index in [-0.39, 0.29) is 23.5 Å². The van der Waals surface area contributed by atoms with Gasteiger partial charge in [0.1, 0.15) is 5.69 Å². The van der Waals surface area contributed by atoms with Crippen molar-refractivity contribution in [1.29, 1.82) is 0 Å². The first-order valence-electron chi connectivity index (χ1n) is 10.5. The first-order valence-corrected chi connectivity index (χ1v) is 10.5. The van der Waals surface area contributed by atoms with Gasteiger partial charge in [-0.05, 0) is 45.2 Å². The molecule has 0 unspecified atom stereocenters. The molecule has 1 fully saturated rings. The van der Waals surface area contributed by atoms with Crippen LogP contribution in [0.3, 0.4) is 0 Å². The molecule has 1 N–H and O–H groups in total. The lowest BCUT2D eigenvalue weighted by Crippen LogP contribution is -2.51. The fourth-order valence-corrected chi connectivity index (χ4v) is 4.37. The third kappa shape index (κ3) is 3.71. The number of piperidine rings is 1. The van der Waals surface area contributed by atoms with Crippen LogP contribution in [-0.2, 0) is 24.8 Å². The Balaban J connectivity index is 1.47. The van der Waals surface area contributed by atoms with Gasteiger partial charge in [0, 0.05) is 50.1 Å². The van der Waals surface area contributed by atoms with Gasteiger partial charge in [-0.15, -0.1) is 0 Å². The van der Waals surface area contributed by atoms with Crippen molar-refractivity contribution in [2.75, 3.05) is 13.1 Å². The number of ether oxygens (including phenoxy) is 1. The van der Waals surface area contributed by atoms with E-state index in [4.69, 9.17) is 4.74 Å². The second kappa shape index (κ2) is 7.83. The summed E-state index contributed by atoms with van der Waals surface area (Å²) in [6.45, 7) is 7.40. The summed E-state index contributed by atoms with van der Waals surface area (Å²) in [5.74, 6) is -0.180. The maximum atomic E-state index is 12.9. The van der Waals surface area contributed by atoms with Crippen LogP contribution in [0.2, 0.25) is 0 Å². The monoisotopic (exact) mass is 411 g/mol. The number of hydrogen-bond acceptors (Lipinski definition) is 5. The molecule has 2 aromatic rings. The largest absolute Gasteiger partial charge is 0.370 e. The van der Waals surface area contributed by atoms with Crippen molar-refractivity contribution in [1.82, 2.24) is 25.0 Å². The third-order valence-electron chi connectivity index (χ3n) is 6.10. The predicted octanol–water partition coefficient (Wildman–Crippen LogP) is 2.01. The maximum absolute atomic E-state index is 12.9. The van der Waals surface area contributed by atoms with Gasteiger partial charge in [-0.1, -0.05) is 6.07 Å². The number of aromatic nitrogens is 3. The van der Waals surface area contributed by atoms with Crippen LogP contribution in [0.5, 0.6) is 0 Å². The zero-order chi connectivity index (χ0) is 21.5. The molecule has 8 nitrogen and oxygen atoms in total. The van der Waals surface area contributed by atoms with Crippen molar-refractivity contribution in [2.45, 2.75) is 58.3 Å². The summed E-state index contributed by atoms with van der Waals surface area (Å²) in [6.07, 6.45) is 3.86. The van der Waals surface area contributed by atoms with Gasteiger partial charge in [0.15, 0.2) is 5.69 Å². The minimum absolute atomic E-state index is 0.0207. The average Bonchev–Trinajstić information content (AvgIpc) is 3.04. The Hall–Kier alpha value is -2.74. The molecule has 0 aromatic carbocycles. The van der Waals surface area contributed by atoms with Gasteiger partial charge in [0.25, 0.3) is 11.8 Å². The molecule has 0 saturated carbocycles. The standard InChI is InChI=1S/C22H29N5O3/c1-14(2)24-20(28)19-16-13-30-22(12-17(16)26(4)25-19)7-10-27(11-8-22)21(29)18-15(3)6-5-9-23-18/h5-6,9,14H,7-8,10-13H2,1-4H3,(H,24,28). The molecule has 2 amide bonds. The van der Waals surface area contributed by atoms with Crippen molar-refractivity contribution in [3.8, 4) is 0 Å². The lowest BCUT2D eigenvalue weighted by molar-refractivity contribution is -0.0990. The smallest absolute Gasteiger partial charge is 0.272 e. The lowest BCUT2D eigenvalue weighted by Gasteiger charge is -2.43. The van der Waals surface area contributed by atoms with Gasteiger partial charge >= 0.3 is 0 Å². The number of nitrogens with one attached hydrogen (secondary N) is 1. The Morgan fingerprint density at radius 1 is 1.23 bits per heavy atom. The Kier molecular flexibility index (Phi) is 5.36. The van der Waals surface area contributed by atoms with Crippen LogP contribution in [0.15, 0.2) is 18.3 Å². The van der Waals surface area contributed by atoms with Crippen LogP contribution in [0.4, 0.5) is 0 Å². The molecule has 0 atom stereocenters. The van der Waals surface area contributed by atoms with Gasteiger partial charge in [0.2, 0.25) is 0 Å². The molecule has 4 heterocycles. The molecule has 1 saturated heterocycles. The number of rotatable bonds is 3. The first kappa shape index (κ1) is 20.5. The lowest BCUT2D eigenvalue weighted by atomic mass is 9.83. The highest BCUT2D eigenvalue weighted by Crippen LogP contribution is 2.37. The normalized spacial score (nSPS) is 17.8. The molecule has 0 radical (unpaired) electrons. The van der Waals surface area contributed by atoms with Crippen LogP contribution in [-0.4, -0.2) is 56.2 Å². The number of aryl methyl sites for hydroxylation is 2. The number of likely N-dealkylation sites (tertiary alicyclic amines) is 1. The van der Waals surface area contributed by atoms with Crippen LogP contribution >= 0.6 is 0 Å². The minimum atomic E-state index is -0.317. The van der Waals surface area contributed by atoms with E-state index in [0.29, 0.717) is 37.5 Å². The van der Waals surface area contributed by atoms with Crippen molar-refractivity contribution >= 4 is 11.8 Å². The van der Waals surface area contributed by atoms with E-state index in [1.54, 1.807) is 6.20 Å². The highest BCUT2D eigenvalue weighted by atomic mass is 16.5. The fourth-order valence-electron chi connectivity index (χ4n) is 4.37. The zero-order valence-electron chi connectivity index (χ0n) is 18.1. The second-order valence-electron chi connectivity index (χ2n) is 8.64. The SMILES string of the molecule is Cc1cccnc1C(=O)N1CCC2(CC1)Cc1c(c(C(=O)NC(C)C)nn1C)CO2. The molecular formula is C22H29N5O3. The van der Waals surface area contributed by atoms with Crippen LogP contribution in [0.1, 0.15) is 64.5 Å². The average molecular weight is 412 g/mol. The number of carbonyl (C=O) groups is 2. The van der Waals surface area contributed by atoms with Gasteiger partial charge in [-0.3, -0.25) is 19.3 Å². The molecule has 4 rings (SSSR count). The summed E-state index contributed by atoms with van der Waals surface area (Å²) in [4.78, 5) is 31.5. The first-order chi connectivity index (χ1) is 14.3. The maximum Gasteiger partial charge on any atom is 0.272 e. The zero-order valence-corrected chi connectivity index (χ0v) is 18.1. The summed E-state index contributed by atoms with van der Waals surface area (Å²) in [5, 5.41) is 7.38. The number of pyridine rings is 1. The van der Waals surface area contributed by atoms with E-state index >= 15 is 0 Å². The van der Waals surface area contributed by atoms with E-state index in [1.165, 1.54) is 0 Å². The molecule has 0 aliphatic carbocycles.